The van der Waals surface area contributed by atoms with Gasteiger partial charge in [-0.25, -0.2) is 0 Å². The zero-order valence-corrected chi connectivity index (χ0v) is 15.9. The molecule has 0 spiro atoms. The van der Waals surface area contributed by atoms with Crippen LogP contribution in [0.3, 0.4) is 0 Å². The Balaban J connectivity index is 1.31. The van der Waals surface area contributed by atoms with Crippen molar-refractivity contribution in [1.29, 1.82) is 0 Å². The number of amides is 1. The van der Waals surface area contributed by atoms with E-state index >= 15 is 0 Å². The number of carbonyl (C=O) groups is 1. The summed E-state index contributed by atoms with van der Waals surface area (Å²) in [5.41, 5.74) is 3.52. The van der Waals surface area contributed by atoms with Gasteiger partial charge in [-0.1, -0.05) is 40.2 Å². The Kier molecular flexibility index (Phi) is 4.80. The van der Waals surface area contributed by atoms with Crippen molar-refractivity contribution in [1.82, 2.24) is 14.9 Å². The van der Waals surface area contributed by atoms with Crippen LogP contribution in [0.25, 0.3) is 21.8 Å². The van der Waals surface area contributed by atoms with Crippen LogP contribution >= 0.6 is 15.9 Å². The summed E-state index contributed by atoms with van der Waals surface area (Å²) in [6.45, 7) is 1.33. The summed E-state index contributed by atoms with van der Waals surface area (Å²) in [5, 5.41) is 5.45. The molecule has 5 heteroatoms. The lowest BCUT2D eigenvalue weighted by molar-refractivity contribution is -0.121. The van der Waals surface area contributed by atoms with Gasteiger partial charge in [0.2, 0.25) is 5.91 Å². The third-order valence-electron chi connectivity index (χ3n) is 4.71. The Bertz CT molecular complexity index is 1060. The molecule has 26 heavy (non-hydrogen) atoms. The highest BCUT2D eigenvalue weighted by atomic mass is 79.9. The van der Waals surface area contributed by atoms with Gasteiger partial charge in [0, 0.05) is 52.8 Å². The van der Waals surface area contributed by atoms with Gasteiger partial charge in [-0.3, -0.25) is 4.79 Å². The number of fused-ring (bicyclic) bond motifs is 2. The summed E-state index contributed by atoms with van der Waals surface area (Å²) in [6.07, 6.45) is 5.37. The molecule has 4 rings (SSSR count). The van der Waals surface area contributed by atoms with E-state index in [2.05, 4.69) is 61.1 Å². The smallest absolute Gasteiger partial charge is 0.221 e. The average molecular weight is 410 g/mol. The van der Waals surface area contributed by atoms with Crippen molar-refractivity contribution < 1.29 is 4.79 Å². The molecule has 0 radical (unpaired) electrons. The van der Waals surface area contributed by atoms with Gasteiger partial charge in [-0.15, -0.1) is 0 Å². The molecule has 0 aliphatic rings. The van der Waals surface area contributed by atoms with E-state index in [1.165, 1.54) is 16.3 Å². The number of halogens is 1. The van der Waals surface area contributed by atoms with Crippen LogP contribution in [-0.2, 0) is 17.8 Å². The van der Waals surface area contributed by atoms with E-state index in [1.807, 2.05) is 30.6 Å². The van der Waals surface area contributed by atoms with Crippen LogP contribution in [-0.4, -0.2) is 22.0 Å². The van der Waals surface area contributed by atoms with E-state index < -0.39 is 0 Å². The number of aromatic amines is 1. The van der Waals surface area contributed by atoms with Crippen molar-refractivity contribution in [3.63, 3.8) is 0 Å². The van der Waals surface area contributed by atoms with Crippen molar-refractivity contribution in [2.75, 3.05) is 6.54 Å². The summed E-state index contributed by atoms with van der Waals surface area (Å²) < 4.78 is 3.17. The highest BCUT2D eigenvalue weighted by Crippen LogP contribution is 2.21. The lowest BCUT2D eigenvalue weighted by Gasteiger charge is -2.07. The number of nitrogens with zero attached hydrogens (tertiary/aromatic N) is 1. The monoisotopic (exact) mass is 409 g/mol. The molecule has 0 fully saturated rings. The van der Waals surface area contributed by atoms with Gasteiger partial charge in [0.1, 0.15) is 0 Å². The molecule has 0 atom stereocenters. The number of aryl methyl sites for hydroxylation is 1. The molecular formula is C21H20BrN3O. The maximum Gasteiger partial charge on any atom is 0.221 e. The van der Waals surface area contributed by atoms with Gasteiger partial charge in [-0.2, -0.15) is 0 Å². The quantitative estimate of drug-likeness (QED) is 0.478. The van der Waals surface area contributed by atoms with E-state index in [0.717, 1.165) is 21.9 Å². The summed E-state index contributed by atoms with van der Waals surface area (Å²) >= 11 is 3.51. The number of nitrogens with one attached hydrogen (secondary N) is 2. The fourth-order valence-electron chi connectivity index (χ4n) is 3.34. The molecule has 132 valence electrons. The SMILES string of the molecule is O=C(CCn1ccc2ccc(Br)cc21)NCCc1c[nH]c2ccccc12. The van der Waals surface area contributed by atoms with E-state index in [-0.39, 0.29) is 5.91 Å². The fraction of sp³-hybridized carbons (Fsp3) is 0.190. The largest absolute Gasteiger partial charge is 0.361 e. The Hall–Kier alpha value is -2.53. The Morgan fingerprint density at radius 3 is 2.96 bits per heavy atom. The van der Waals surface area contributed by atoms with Gasteiger partial charge in [-0.05, 0) is 41.6 Å². The minimum absolute atomic E-state index is 0.0849. The summed E-state index contributed by atoms with van der Waals surface area (Å²) in [4.78, 5) is 15.5. The maximum atomic E-state index is 12.2. The van der Waals surface area contributed by atoms with Crippen molar-refractivity contribution in [3.8, 4) is 0 Å². The Labute approximate surface area is 160 Å². The van der Waals surface area contributed by atoms with Gasteiger partial charge in [0.15, 0.2) is 0 Å². The second-order valence-electron chi connectivity index (χ2n) is 6.42. The van der Waals surface area contributed by atoms with Crippen LogP contribution in [0.1, 0.15) is 12.0 Å². The van der Waals surface area contributed by atoms with Crippen LogP contribution in [0.15, 0.2) is 65.4 Å². The minimum Gasteiger partial charge on any atom is -0.361 e. The number of para-hydroxylation sites is 1. The van der Waals surface area contributed by atoms with E-state index in [0.29, 0.717) is 19.5 Å². The summed E-state index contributed by atoms with van der Waals surface area (Å²) in [7, 11) is 0. The first-order chi connectivity index (χ1) is 12.7. The molecule has 0 bridgehead atoms. The lowest BCUT2D eigenvalue weighted by atomic mass is 10.1. The molecule has 1 amide bonds. The number of rotatable bonds is 6. The number of hydrogen-bond donors (Lipinski definition) is 2. The zero-order chi connectivity index (χ0) is 17.9. The van der Waals surface area contributed by atoms with Crippen molar-refractivity contribution in [2.45, 2.75) is 19.4 Å². The molecular weight excluding hydrogens is 390 g/mol. The molecule has 0 unspecified atom stereocenters. The van der Waals surface area contributed by atoms with E-state index in [1.54, 1.807) is 0 Å². The van der Waals surface area contributed by atoms with Crippen molar-refractivity contribution in [2.24, 2.45) is 0 Å². The first-order valence-electron chi connectivity index (χ1n) is 8.77. The molecule has 2 heterocycles. The molecule has 2 aromatic heterocycles. The lowest BCUT2D eigenvalue weighted by Crippen LogP contribution is -2.26. The molecule has 0 saturated heterocycles. The van der Waals surface area contributed by atoms with Gasteiger partial charge >= 0.3 is 0 Å². The number of carbonyl (C=O) groups excluding carboxylic acids is 1. The Morgan fingerprint density at radius 1 is 1.15 bits per heavy atom. The van der Waals surface area contributed by atoms with E-state index in [9.17, 15) is 4.79 Å². The van der Waals surface area contributed by atoms with Crippen LogP contribution in [0.2, 0.25) is 0 Å². The standard InChI is InChI=1S/C21H20BrN3O/c22-17-6-5-15-8-11-25(20(15)13-17)12-9-21(26)23-10-7-16-14-24-19-4-2-1-3-18(16)19/h1-6,8,11,13-14,24H,7,9-10,12H2,(H,23,26). The maximum absolute atomic E-state index is 12.2. The molecule has 0 aliphatic heterocycles. The first kappa shape index (κ1) is 16.9. The second-order valence-corrected chi connectivity index (χ2v) is 7.34. The van der Waals surface area contributed by atoms with Crippen molar-refractivity contribution in [3.05, 3.63) is 71.0 Å². The zero-order valence-electron chi connectivity index (χ0n) is 14.3. The Morgan fingerprint density at radius 2 is 2.04 bits per heavy atom. The summed E-state index contributed by atoms with van der Waals surface area (Å²) in [5.74, 6) is 0.0849. The normalized spacial score (nSPS) is 11.3. The predicted molar refractivity (Wildman–Crippen MR) is 109 cm³/mol. The molecule has 4 nitrogen and oxygen atoms in total. The third-order valence-corrected chi connectivity index (χ3v) is 5.20. The van der Waals surface area contributed by atoms with Crippen molar-refractivity contribution >= 4 is 43.6 Å². The molecule has 2 aromatic carbocycles. The first-order valence-corrected chi connectivity index (χ1v) is 9.56. The fourth-order valence-corrected chi connectivity index (χ4v) is 3.69. The van der Waals surface area contributed by atoms with Gasteiger partial charge in [0.05, 0.1) is 0 Å². The van der Waals surface area contributed by atoms with Gasteiger partial charge < -0.3 is 14.9 Å². The molecule has 2 N–H and O–H groups in total. The number of hydrogen-bond acceptors (Lipinski definition) is 1. The average Bonchev–Trinajstić information content (AvgIpc) is 3.24. The molecule has 0 aliphatic carbocycles. The van der Waals surface area contributed by atoms with Crippen LogP contribution < -0.4 is 5.32 Å². The molecule has 0 saturated carbocycles. The van der Waals surface area contributed by atoms with E-state index in [4.69, 9.17) is 0 Å². The summed E-state index contributed by atoms with van der Waals surface area (Å²) in [6, 6.07) is 16.5. The molecule has 4 aromatic rings. The number of H-pyrrole nitrogens is 1. The second kappa shape index (κ2) is 7.38. The van der Waals surface area contributed by atoms with Gasteiger partial charge in [0.25, 0.3) is 0 Å². The van der Waals surface area contributed by atoms with Crippen LogP contribution in [0.5, 0.6) is 0 Å². The predicted octanol–water partition coefficient (Wildman–Crippen LogP) is 4.63. The number of benzene rings is 2. The number of aromatic nitrogens is 2. The highest BCUT2D eigenvalue weighted by Gasteiger charge is 2.07. The highest BCUT2D eigenvalue weighted by molar-refractivity contribution is 9.10. The minimum atomic E-state index is 0.0849. The topological polar surface area (TPSA) is 49.8 Å². The van der Waals surface area contributed by atoms with Crippen LogP contribution in [0.4, 0.5) is 0 Å². The third kappa shape index (κ3) is 3.53. The van der Waals surface area contributed by atoms with Crippen LogP contribution in [0, 0.1) is 0 Å².